The van der Waals surface area contributed by atoms with E-state index in [1.165, 1.54) is 0 Å². The lowest BCUT2D eigenvalue weighted by molar-refractivity contribution is -0.384. The molecule has 11 heteroatoms. The Bertz CT molecular complexity index is 948. The molecular weight excluding hydrogens is 372 g/mol. The topological polar surface area (TPSA) is 110 Å². The zero-order chi connectivity index (χ0) is 19.5. The van der Waals surface area contributed by atoms with Gasteiger partial charge in [0.25, 0.3) is 5.69 Å². The molecule has 0 saturated heterocycles. The summed E-state index contributed by atoms with van der Waals surface area (Å²) in [5, 5.41) is 12.8. The van der Waals surface area contributed by atoms with Crippen LogP contribution in [0.1, 0.15) is 0 Å². The number of non-ortho nitro benzene ring substituents is 1. The van der Waals surface area contributed by atoms with Crippen molar-refractivity contribution < 1.29 is 26.9 Å². The second-order valence-electron chi connectivity index (χ2n) is 5.18. The molecule has 138 valence electrons. The number of sulfonamides is 1. The summed E-state index contributed by atoms with van der Waals surface area (Å²) in [5.41, 5.74) is -0.884. The van der Waals surface area contributed by atoms with Crippen molar-refractivity contribution in [3.63, 3.8) is 0 Å². The molecule has 0 fully saturated rings. The molecule has 26 heavy (non-hydrogen) atoms. The summed E-state index contributed by atoms with van der Waals surface area (Å²) < 4.78 is 51.9. The van der Waals surface area contributed by atoms with E-state index < -0.39 is 50.4 Å². The predicted octanol–water partition coefficient (Wildman–Crippen LogP) is 2.13. The smallest absolute Gasteiger partial charge is 0.271 e. The van der Waals surface area contributed by atoms with Gasteiger partial charge in [0.15, 0.2) is 0 Å². The van der Waals surface area contributed by atoms with E-state index in [2.05, 4.69) is 5.32 Å². The van der Waals surface area contributed by atoms with E-state index in [0.29, 0.717) is 4.31 Å². The molecule has 2 rings (SSSR count). The number of benzene rings is 2. The maximum Gasteiger partial charge on any atom is 0.271 e. The minimum absolute atomic E-state index is 0.226. The quantitative estimate of drug-likeness (QED) is 0.605. The van der Waals surface area contributed by atoms with Crippen LogP contribution in [0.2, 0.25) is 0 Å². The molecule has 2 aromatic rings. The van der Waals surface area contributed by atoms with E-state index in [0.717, 1.165) is 49.5 Å². The minimum atomic E-state index is -4.07. The third kappa shape index (κ3) is 4.37. The highest BCUT2D eigenvalue weighted by Crippen LogP contribution is 2.21. The number of likely N-dealkylation sites (N-methyl/N-ethyl adjacent to an activating group) is 1. The summed E-state index contributed by atoms with van der Waals surface area (Å²) in [7, 11) is -2.96. The number of halogens is 2. The number of nitrogens with zero attached hydrogens (tertiary/aromatic N) is 2. The molecule has 0 heterocycles. The van der Waals surface area contributed by atoms with Crippen molar-refractivity contribution in [3.05, 3.63) is 64.2 Å². The Morgan fingerprint density at radius 2 is 1.81 bits per heavy atom. The van der Waals surface area contributed by atoms with Crippen LogP contribution >= 0.6 is 0 Å². The lowest BCUT2D eigenvalue weighted by Crippen LogP contribution is -2.35. The number of nitro benzene ring substituents is 1. The number of rotatable bonds is 6. The SMILES string of the molecule is CN(CC(=O)Nc1cc([N+](=O)[O-])ccc1F)S(=O)(=O)c1ccc(F)cc1. The summed E-state index contributed by atoms with van der Waals surface area (Å²) in [6.07, 6.45) is 0. The van der Waals surface area contributed by atoms with E-state index >= 15 is 0 Å². The number of nitrogens with one attached hydrogen (secondary N) is 1. The van der Waals surface area contributed by atoms with Gasteiger partial charge in [-0.3, -0.25) is 14.9 Å². The van der Waals surface area contributed by atoms with Crippen molar-refractivity contribution in [1.29, 1.82) is 0 Å². The Labute approximate surface area is 147 Å². The molecule has 0 spiro atoms. The van der Waals surface area contributed by atoms with E-state index in [1.54, 1.807) is 0 Å². The number of hydrogen-bond donors (Lipinski definition) is 1. The van der Waals surface area contributed by atoms with Crippen LogP contribution in [0.15, 0.2) is 47.4 Å². The number of carbonyl (C=O) groups excluding carboxylic acids is 1. The standard InChI is InChI=1S/C15H13F2N3O5S/c1-19(26(24,25)12-5-2-10(16)3-6-12)9-15(21)18-14-8-11(20(22)23)4-7-13(14)17/h2-8H,9H2,1H3,(H,18,21). The molecular formula is C15H13F2N3O5S. The monoisotopic (exact) mass is 385 g/mol. The lowest BCUT2D eigenvalue weighted by atomic mass is 10.2. The van der Waals surface area contributed by atoms with Gasteiger partial charge >= 0.3 is 0 Å². The Hall–Kier alpha value is -2.92. The Morgan fingerprint density at radius 3 is 2.38 bits per heavy atom. The van der Waals surface area contributed by atoms with Crippen LogP contribution in [0.5, 0.6) is 0 Å². The van der Waals surface area contributed by atoms with E-state index in [-0.39, 0.29) is 4.90 Å². The van der Waals surface area contributed by atoms with Gasteiger partial charge < -0.3 is 5.32 Å². The van der Waals surface area contributed by atoms with E-state index in [9.17, 15) is 32.1 Å². The van der Waals surface area contributed by atoms with Gasteiger partial charge in [-0.1, -0.05) is 0 Å². The van der Waals surface area contributed by atoms with Gasteiger partial charge in [-0.05, 0) is 30.3 Å². The van der Waals surface area contributed by atoms with Crippen molar-refractivity contribution in [2.24, 2.45) is 0 Å². The van der Waals surface area contributed by atoms with Crippen molar-refractivity contribution in [2.45, 2.75) is 4.90 Å². The van der Waals surface area contributed by atoms with Crippen molar-refractivity contribution in [1.82, 2.24) is 4.31 Å². The highest BCUT2D eigenvalue weighted by Gasteiger charge is 2.23. The first kappa shape index (κ1) is 19.4. The van der Waals surface area contributed by atoms with E-state index in [1.807, 2.05) is 0 Å². The van der Waals surface area contributed by atoms with Crippen LogP contribution in [0, 0.1) is 21.7 Å². The van der Waals surface area contributed by atoms with Gasteiger partial charge in [-0.15, -0.1) is 0 Å². The molecule has 0 unspecified atom stereocenters. The Kier molecular flexibility index (Phi) is 5.63. The maximum atomic E-state index is 13.7. The first-order chi connectivity index (χ1) is 12.1. The highest BCUT2D eigenvalue weighted by atomic mass is 32.2. The van der Waals surface area contributed by atoms with Crippen molar-refractivity contribution in [3.8, 4) is 0 Å². The second kappa shape index (κ2) is 7.54. The average Bonchev–Trinajstić information content (AvgIpc) is 2.56. The summed E-state index contributed by atoms with van der Waals surface area (Å²) >= 11 is 0. The number of hydrogen-bond acceptors (Lipinski definition) is 5. The summed E-state index contributed by atoms with van der Waals surface area (Å²) in [6, 6.07) is 6.56. The van der Waals surface area contributed by atoms with Gasteiger partial charge in [0.1, 0.15) is 11.6 Å². The largest absolute Gasteiger partial charge is 0.322 e. The van der Waals surface area contributed by atoms with Gasteiger partial charge in [0.2, 0.25) is 15.9 Å². The fourth-order valence-corrected chi connectivity index (χ4v) is 3.11. The van der Waals surface area contributed by atoms with Gasteiger partial charge in [-0.2, -0.15) is 4.31 Å². The normalized spacial score (nSPS) is 11.4. The molecule has 0 aliphatic carbocycles. The zero-order valence-electron chi connectivity index (χ0n) is 13.3. The summed E-state index contributed by atoms with van der Waals surface area (Å²) in [5.74, 6) is -2.43. The number of nitro groups is 1. The second-order valence-corrected chi connectivity index (χ2v) is 7.23. The first-order valence-electron chi connectivity index (χ1n) is 7.07. The molecule has 1 amide bonds. The molecule has 8 nitrogen and oxygen atoms in total. The van der Waals surface area contributed by atoms with Gasteiger partial charge in [0.05, 0.1) is 22.1 Å². The molecule has 0 saturated carbocycles. The van der Waals surface area contributed by atoms with Crippen molar-refractivity contribution >= 4 is 27.3 Å². The minimum Gasteiger partial charge on any atom is -0.322 e. The van der Waals surface area contributed by atoms with Crippen LogP contribution in [0.25, 0.3) is 0 Å². The fraction of sp³-hybridized carbons (Fsp3) is 0.133. The van der Waals surface area contributed by atoms with Crippen LogP contribution < -0.4 is 5.32 Å². The van der Waals surface area contributed by atoms with Crippen molar-refractivity contribution in [2.75, 3.05) is 18.9 Å². The average molecular weight is 385 g/mol. The van der Waals surface area contributed by atoms with Crippen LogP contribution in [-0.2, 0) is 14.8 Å². The fourth-order valence-electron chi connectivity index (χ4n) is 1.99. The summed E-state index contributed by atoms with van der Waals surface area (Å²) in [6.45, 7) is -0.679. The number of anilines is 1. The van der Waals surface area contributed by atoms with Crippen LogP contribution in [-0.4, -0.2) is 37.1 Å². The molecule has 0 aliphatic heterocycles. The van der Waals surface area contributed by atoms with Crippen LogP contribution in [0.4, 0.5) is 20.2 Å². The number of amides is 1. The number of carbonyl (C=O) groups is 1. The molecule has 1 N–H and O–H groups in total. The third-order valence-electron chi connectivity index (χ3n) is 3.32. The highest BCUT2D eigenvalue weighted by molar-refractivity contribution is 7.89. The molecule has 2 aromatic carbocycles. The molecule has 0 atom stereocenters. The third-order valence-corrected chi connectivity index (χ3v) is 5.14. The molecule has 0 radical (unpaired) electrons. The van der Waals surface area contributed by atoms with E-state index in [4.69, 9.17) is 0 Å². The zero-order valence-corrected chi connectivity index (χ0v) is 14.2. The van der Waals surface area contributed by atoms with Gasteiger partial charge in [0, 0.05) is 19.2 Å². The first-order valence-corrected chi connectivity index (χ1v) is 8.51. The molecule has 0 aromatic heterocycles. The predicted molar refractivity (Wildman–Crippen MR) is 87.9 cm³/mol. The molecule has 0 aliphatic rings. The van der Waals surface area contributed by atoms with Gasteiger partial charge in [-0.25, -0.2) is 17.2 Å². The molecule has 0 bridgehead atoms. The maximum absolute atomic E-state index is 13.7. The Balaban J connectivity index is 2.13. The lowest BCUT2D eigenvalue weighted by Gasteiger charge is -2.17. The summed E-state index contributed by atoms with van der Waals surface area (Å²) in [4.78, 5) is 21.7. The van der Waals surface area contributed by atoms with Crippen LogP contribution in [0.3, 0.4) is 0 Å². The Morgan fingerprint density at radius 1 is 1.19 bits per heavy atom.